The van der Waals surface area contributed by atoms with Crippen molar-refractivity contribution in [2.75, 3.05) is 0 Å². The van der Waals surface area contributed by atoms with Crippen LogP contribution in [0.4, 0.5) is 0 Å². The summed E-state index contributed by atoms with van der Waals surface area (Å²) >= 11 is 0. The molecule has 2 N–H and O–H groups in total. The van der Waals surface area contributed by atoms with Crippen molar-refractivity contribution in [3.63, 3.8) is 0 Å². The molecule has 128 valence electrons. The van der Waals surface area contributed by atoms with Crippen molar-refractivity contribution in [1.29, 1.82) is 0 Å². The number of fused-ring (bicyclic) bond motifs is 2. The number of aryl methyl sites for hydroxylation is 1. The molecule has 0 spiro atoms. The number of nitrogens with zero attached hydrogens (tertiary/aromatic N) is 3. The van der Waals surface area contributed by atoms with Gasteiger partial charge in [0.15, 0.2) is 0 Å². The van der Waals surface area contributed by atoms with Crippen molar-refractivity contribution < 1.29 is 9.90 Å². The van der Waals surface area contributed by atoms with E-state index >= 15 is 0 Å². The monoisotopic (exact) mass is 344 g/mol. The molecule has 0 atom stereocenters. The molecule has 0 unspecified atom stereocenters. The normalized spacial score (nSPS) is 11.4. The molecule has 0 saturated carbocycles. The van der Waals surface area contributed by atoms with Crippen molar-refractivity contribution in [2.24, 2.45) is 5.10 Å². The Balaban J connectivity index is 1.64. The second-order valence-corrected chi connectivity index (χ2v) is 5.89. The van der Waals surface area contributed by atoms with E-state index in [1.54, 1.807) is 23.6 Å². The number of hydrogen-bond donors (Lipinski definition) is 2. The maximum absolute atomic E-state index is 12.5. The lowest BCUT2D eigenvalue weighted by Crippen LogP contribution is -2.20. The zero-order chi connectivity index (χ0) is 18.1. The van der Waals surface area contributed by atoms with Gasteiger partial charge in [-0.25, -0.2) is 10.4 Å². The Morgan fingerprint density at radius 2 is 1.96 bits per heavy atom. The molecule has 1 amide bonds. The molecule has 4 aromatic rings. The highest BCUT2D eigenvalue weighted by atomic mass is 16.3. The van der Waals surface area contributed by atoms with Crippen LogP contribution in [0.15, 0.2) is 65.9 Å². The largest absolute Gasteiger partial charge is 0.507 e. The lowest BCUT2D eigenvalue weighted by atomic mass is 10.0. The van der Waals surface area contributed by atoms with Gasteiger partial charge in [-0.15, -0.1) is 0 Å². The average molecular weight is 344 g/mol. The van der Waals surface area contributed by atoms with Gasteiger partial charge in [-0.1, -0.05) is 36.4 Å². The lowest BCUT2D eigenvalue weighted by molar-refractivity contribution is 0.0948. The van der Waals surface area contributed by atoms with Gasteiger partial charge < -0.3 is 5.11 Å². The van der Waals surface area contributed by atoms with Crippen molar-refractivity contribution in [2.45, 2.75) is 6.92 Å². The molecule has 0 saturated heterocycles. The van der Waals surface area contributed by atoms with Crippen LogP contribution in [0.5, 0.6) is 5.75 Å². The highest BCUT2D eigenvalue weighted by molar-refractivity contribution is 6.03. The van der Waals surface area contributed by atoms with E-state index < -0.39 is 0 Å². The highest BCUT2D eigenvalue weighted by Crippen LogP contribution is 2.25. The maximum Gasteiger partial charge on any atom is 0.290 e. The van der Waals surface area contributed by atoms with Crippen LogP contribution in [0.3, 0.4) is 0 Å². The van der Waals surface area contributed by atoms with Crippen LogP contribution in [0, 0.1) is 6.92 Å². The number of pyridine rings is 1. The number of benzene rings is 2. The maximum atomic E-state index is 12.5. The lowest BCUT2D eigenvalue weighted by Gasteiger charge is -2.05. The number of amides is 1. The Kier molecular flexibility index (Phi) is 3.85. The van der Waals surface area contributed by atoms with E-state index in [1.807, 2.05) is 48.5 Å². The quantitative estimate of drug-likeness (QED) is 0.442. The van der Waals surface area contributed by atoms with E-state index in [9.17, 15) is 9.90 Å². The van der Waals surface area contributed by atoms with Crippen LogP contribution >= 0.6 is 0 Å². The summed E-state index contributed by atoms with van der Waals surface area (Å²) in [5.41, 5.74) is 4.82. The van der Waals surface area contributed by atoms with Crippen molar-refractivity contribution in [1.82, 2.24) is 14.8 Å². The minimum absolute atomic E-state index is 0.104. The summed E-state index contributed by atoms with van der Waals surface area (Å²) in [6.45, 7) is 1.78. The molecule has 2 heterocycles. The first-order chi connectivity index (χ1) is 12.6. The second kappa shape index (κ2) is 6.33. The number of carbonyl (C=O) groups excluding carboxylic acids is 1. The second-order valence-electron chi connectivity index (χ2n) is 5.89. The number of rotatable bonds is 3. The van der Waals surface area contributed by atoms with E-state index in [4.69, 9.17) is 0 Å². The van der Waals surface area contributed by atoms with Gasteiger partial charge in [0.25, 0.3) is 5.91 Å². The molecular formula is C20H16N4O2. The minimum Gasteiger partial charge on any atom is -0.507 e. The summed E-state index contributed by atoms with van der Waals surface area (Å²) in [5.74, 6) is -0.259. The van der Waals surface area contributed by atoms with Crippen LogP contribution in [-0.4, -0.2) is 26.6 Å². The molecular weight excluding hydrogens is 328 g/mol. The first-order valence-electron chi connectivity index (χ1n) is 8.13. The summed E-state index contributed by atoms with van der Waals surface area (Å²) in [4.78, 5) is 16.9. The van der Waals surface area contributed by atoms with Crippen LogP contribution in [0.1, 0.15) is 21.7 Å². The van der Waals surface area contributed by atoms with Crippen LogP contribution in [0.2, 0.25) is 0 Å². The Labute approximate surface area is 149 Å². The molecule has 2 aromatic heterocycles. The number of nitrogens with one attached hydrogen (secondary N) is 1. The third kappa shape index (κ3) is 2.67. The summed E-state index contributed by atoms with van der Waals surface area (Å²) in [7, 11) is 0. The van der Waals surface area contributed by atoms with Gasteiger partial charge in [-0.3, -0.25) is 9.20 Å². The van der Waals surface area contributed by atoms with Gasteiger partial charge in [-0.2, -0.15) is 5.10 Å². The SMILES string of the molecule is Cc1nc2ccccn2c1C(=O)NN=Cc1c(O)ccc2ccccc12. The molecule has 0 bridgehead atoms. The number of hydrazone groups is 1. The number of imidazole rings is 1. The molecule has 4 rings (SSSR count). The Morgan fingerprint density at radius 1 is 1.15 bits per heavy atom. The van der Waals surface area contributed by atoms with Crippen molar-refractivity contribution >= 4 is 28.5 Å². The Morgan fingerprint density at radius 3 is 2.85 bits per heavy atom. The van der Waals surface area contributed by atoms with E-state index in [-0.39, 0.29) is 11.7 Å². The van der Waals surface area contributed by atoms with Crippen molar-refractivity contribution in [3.05, 3.63) is 77.7 Å². The van der Waals surface area contributed by atoms with Gasteiger partial charge >= 0.3 is 0 Å². The van der Waals surface area contributed by atoms with Gasteiger partial charge in [0, 0.05) is 11.8 Å². The number of phenols is 1. The van der Waals surface area contributed by atoms with Crippen LogP contribution in [0.25, 0.3) is 16.4 Å². The molecule has 0 aliphatic rings. The summed E-state index contributed by atoms with van der Waals surface area (Å²) in [6, 6.07) is 16.6. The fourth-order valence-corrected chi connectivity index (χ4v) is 3.02. The highest BCUT2D eigenvalue weighted by Gasteiger charge is 2.15. The fraction of sp³-hybridized carbons (Fsp3) is 0.0500. The van der Waals surface area contributed by atoms with Gasteiger partial charge in [0.2, 0.25) is 0 Å². The Hall–Kier alpha value is -3.67. The van der Waals surface area contributed by atoms with E-state index in [0.29, 0.717) is 22.6 Å². The third-order valence-electron chi connectivity index (χ3n) is 4.23. The predicted molar refractivity (Wildman–Crippen MR) is 101 cm³/mol. The van der Waals surface area contributed by atoms with Gasteiger partial charge in [0.1, 0.15) is 17.1 Å². The molecule has 0 fully saturated rings. The average Bonchev–Trinajstić information content (AvgIpc) is 2.99. The first kappa shape index (κ1) is 15.8. The zero-order valence-electron chi connectivity index (χ0n) is 14.0. The van der Waals surface area contributed by atoms with E-state index in [2.05, 4.69) is 15.5 Å². The zero-order valence-corrected chi connectivity index (χ0v) is 14.0. The molecule has 26 heavy (non-hydrogen) atoms. The van der Waals surface area contributed by atoms with Crippen LogP contribution in [-0.2, 0) is 0 Å². The van der Waals surface area contributed by atoms with E-state index in [0.717, 1.165) is 10.8 Å². The number of carbonyl (C=O) groups is 1. The van der Waals surface area contributed by atoms with Crippen LogP contribution < -0.4 is 5.43 Å². The minimum atomic E-state index is -0.364. The molecule has 0 aliphatic heterocycles. The van der Waals surface area contributed by atoms with E-state index in [1.165, 1.54) is 6.21 Å². The third-order valence-corrected chi connectivity index (χ3v) is 4.23. The number of aromatic hydroxyl groups is 1. The molecule has 0 aliphatic carbocycles. The smallest absolute Gasteiger partial charge is 0.290 e. The predicted octanol–water partition coefficient (Wildman–Crippen LogP) is 3.27. The summed E-state index contributed by atoms with van der Waals surface area (Å²) in [5, 5.41) is 16.0. The molecule has 2 aromatic carbocycles. The topological polar surface area (TPSA) is 79.0 Å². The molecule has 6 heteroatoms. The summed E-state index contributed by atoms with van der Waals surface area (Å²) < 4.78 is 1.72. The molecule has 6 nitrogen and oxygen atoms in total. The van der Waals surface area contributed by atoms with Gasteiger partial charge in [0.05, 0.1) is 11.9 Å². The summed E-state index contributed by atoms with van der Waals surface area (Å²) in [6.07, 6.45) is 3.23. The number of phenolic OH excluding ortho intramolecular Hbond substituents is 1. The van der Waals surface area contributed by atoms with Gasteiger partial charge in [-0.05, 0) is 35.9 Å². The molecule has 0 radical (unpaired) electrons. The number of hydrogen-bond acceptors (Lipinski definition) is 4. The standard InChI is InChI=1S/C20H16N4O2/c1-13-19(24-11-5-4-8-18(24)22-13)20(26)23-21-12-16-15-7-3-2-6-14(15)9-10-17(16)25/h2-12,25H,1H3,(H,23,26). The first-order valence-corrected chi connectivity index (χ1v) is 8.13. The number of aromatic nitrogens is 2. The fourth-order valence-electron chi connectivity index (χ4n) is 3.02. The Bertz CT molecular complexity index is 1160. The van der Waals surface area contributed by atoms with Crippen molar-refractivity contribution in [3.8, 4) is 5.75 Å².